The Labute approximate surface area is 108 Å². The molecule has 17 heavy (non-hydrogen) atoms. The zero-order chi connectivity index (χ0) is 12.4. The van der Waals surface area contributed by atoms with Crippen LogP contribution < -0.4 is 5.32 Å². The molecule has 3 nitrogen and oxygen atoms in total. The molecule has 0 bridgehead atoms. The largest absolute Gasteiger partial charge is 0.378 e. The number of aromatic nitrogens is 2. The first kappa shape index (κ1) is 12.1. The van der Waals surface area contributed by atoms with Crippen LogP contribution in [0.25, 0.3) is 0 Å². The molecule has 0 unspecified atom stereocenters. The smallest absolute Gasteiger partial charge is 0.137 e. The summed E-state index contributed by atoms with van der Waals surface area (Å²) in [6.45, 7) is 2.52. The average molecular weight is 298 g/mol. The zero-order valence-electron chi connectivity index (χ0n) is 9.67. The Balaban J connectivity index is 2.07. The summed E-state index contributed by atoms with van der Waals surface area (Å²) in [4.78, 5) is 0. The van der Waals surface area contributed by atoms with Crippen LogP contribution in [0.3, 0.4) is 0 Å². The lowest BCUT2D eigenvalue weighted by Crippen LogP contribution is -2.00. The second kappa shape index (κ2) is 4.87. The van der Waals surface area contributed by atoms with Crippen LogP contribution in [0.4, 0.5) is 10.1 Å². The van der Waals surface area contributed by atoms with Gasteiger partial charge in [-0.1, -0.05) is 6.07 Å². The van der Waals surface area contributed by atoms with E-state index in [0.717, 1.165) is 16.9 Å². The average Bonchev–Trinajstić information content (AvgIpc) is 2.59. The van der Waals surface area contributed by atoms with Crippen molar-refractivity contribution in [3.8, 4) is 0 Å². The maximum Gasteiger partial charge on any atom is 0.137 e. The fourth-order valence-electron chi connectivity index (χ4n) is 1.62. The second-order valence-electron chi connectivity index (χ2n) is 3.90. The van der Waals surface area contributed by atoms with Crippen LogP contribution in [0.5, 0.6) is 0 Å². The molecular weight excluding hydrogens is 285 g/mol. The lowest BCUT2D eigenvalue weighted by Gasteiger charge is -2.05. The SMILES string of the molecule is Cc1nn(C)cc1NCc1ccc(Br)c(F)c1. The fraction of sp³-hybridized carbons (Fsp3) is 0.250. The summed E-state index contributed by atoms with van der Waals surface area (Å²) in [5.41, 5.74) is 2.80. The summed E-state index contributed by atoms with van der Waals surface area (Å²) in [5, 5.41) is 7.46. The fourth-order valence-corrected chi connectivity index (χ4v) is 1.87. The summed E-state index contributed by atoms with van der Waals surface area (Å²) >= 11 is 3.13. The number of aryl methyl sites for hydroxylation is 2. The number of nitrogens with zero attached hydrogens (tertiary/aromatic N) is 2. The van der Waals surface area contributed by atoms with Crippen molar-refractivity contribution in [2.24, 2.45) is 7.05 Å². The molecule has 1 aromatic heterocycles. The van der Waals surface area contributed by atoms with Gasteiger partial charge in [0.25, 0.3) is 0 Å². The number of anilines is 1. The van der Waals surface area contributed by atoms with Gasteiger partial charge in [-0.25, -0.2) is 4.39 Å². The van der Waals surface area contributed by atoms with Gasteiger partial charge in [-0.05, 0) is 40.5 Å². The Hall–Kier alpha value is -1.36. The van der Waals surface area contributed by atoms with Crippen LogP contribution in [0, 0.1) is 12.7 Å². The van der Waals surface area contributed by atoms with Gasteiger partial charge < -0.3 is 5.32 Å². The predicted octanol–water partition coefficient (Wildman–Crippen LogP) is 3.24. The van der Waals surface area contributed by atoms with Crippen molar-refractivity contribution in [3.05, 3.63) is 45.9 Å². The molecule has 0 amide bonds. The molecule has 2 aromatic rings. The number of rotatable bonds is 3. The number of halogens is 2. The van der Waals surface area contributed by atoms with Crippen molar-refractivity contribution in [3.63, 3.8) is 0 Å². The molecule has 0 saturated heterocycles. The van der Waals surface area contributed by atoms with Crippen molar-refractivity contribution < 1.29 is 4.39 Å². The van der Waals surface area contributed by atoms with E-state index in [2.05, 4.69) is 26.3 Å². The molecule has 0 spiro atoms. The van der Waals surface area contributed by atoms with E-state index in [1.807, 2.05) is 26.2 Å². The Morgan fingerprint density at radius 2 is 2.24 bits per heavy atom. The minimum atomic E-state index is -0.243. The maximum absolute atomic E-state index is 13.3. The molecule has 90 valence electrons. The zero-order valence-corrected chi connectivity index (χ0v) is 11.3. The first-order valence-electron chi connectivity index (χ1n) is 5.24. The highest BCUT2D eigenvalue weighted by atomic mass is 79.9. The van der Waals surface area contributed by atoms with Gasteiger partial charge in [0.15, 0.2) is 0 Å². The Morgan fingerprint density at radius 1 is 1.47 bits per heavy atom. The van der Waals surface area contributed by atoms with E-state index >= 15 is 0 Å². The standard InChI is InChI=1S/C12H13BrFN3/c1-8-12(7-17(2)16-8)15-6-9-3-4-10(13)11(14)5-9/h3-5,7,15H,6H2,1-2H3. The molecule has 1 aromatic carbocycles. The lowest BCUT2D eigenvalue weighted by atomic mass is 10.2. The molecule has 0 radical (unpaired) electrons. The minimum Gasteiger partial charge on any atom is -0.378 e. The Bertz CT molecular complexity index is 537. The Kier molecular flexibility index (Phi) is 3.47. The highest BCUT2D eigenvalue weighted by molar-refractivity contribution is 9.10. The molecule has 0 fully saturated rings. The van der Waals surface area contributed by atoms with Crippen LogP contribution in [0.2, 0.25) is 0 Å². The highest BCUT2D eigenvalue weighted by Crippen LogP contribution is 2.18. The van der Waals surface area contributed by atoms with E-state index in [-0.39, 0.29) is 5.82 Å². The van der Waals surface area contributed by atoms with Crippen LogP contribution in [-0.2, 0) is 13.6 Å². The molecule has 0 aliphatic carbocycles. The summed E-state index contributed by atoms with van der Waals surface area (Å²) in [6, 6.07) is 5.11. The van der Waals surface area contributed by atoms with Crippen LogP contribution in [0.1, 0.15) is 11.3 Å². The molecule has 0 aliphatic rings. The molecule has 2 rings (SSSR count). The molecule has 0 aliphatic heterocycles. The predicted molar refractivity (Wildman–Crippen MR) is 69.4 cm³/mol. The summed E-state index contributed by atoms with van der Waals surface area (Å²) in [7, 11) is 1.87. The van der Waals surface area contributed by atoms with Crippen molar-refractivity contribution in [1.29, 1.82) is 0 Å². The highest BCUT2D eigenvalue weighted by Gasteiger charge is 2.04. The lowest BCUT2D eigenvalue weighted by molar-refractivity contribution is 0.619. The minimum absolute atomic E-state index is 0.243. The van der Waals surface area contributed by atoms with Gasteiger partial charge in [-0.15, -0.1) is 0 Å². The molecule has 1 N–H and O–H groups in total. The van der Waals surface area contributed by atoms with E-state index in [1.165, 1.54) is 6.07 Å². The van der Waals surface area contributed by atoms with E-state index in [1.54, 1.807) is 10.7 Å². The van der Waals surface area contributed by atoms with Gasteiger partial charge in [0.2, 0.25) is 0 Å². The molecule has 0 atom stereocenters. The third-order valence-electron chi connectivity index (χ3n) is 2.48. The van der Waals surface area contributed by atoms with Gasteiger partial charge in [0.05, 0.1) is 15.9 Å². The van der Waals surface area contributed by atoms with Crippen LogP contribution in [0.15, 0.2) is 28.9 Å². The van der Waals surface area contributed by atoms with E-state index in [0.29, 0.717) is 11.0 Å². The number of benzene rings is 1. The first-order valence-corrected chi connectivity index (χ1v) is 6.03. The van der Waals surface area contributed by atoms with Crippen LogP contribution >= 0.6 is 15.9 Å². The van der Waals surface area contributed by atoms with Crippen molar-refractivity contribution >= 4 is 21.6 Å². The van der Waals surface area contributed by atoms with Gasteiger partial charge in [0, 0.05) is 19.8 Å². The molecule has 1 heterocycles. The van der Waals surface area contributed by atoms with Gasteiger partial charge in [-0.2, -0.15) is 5.10 Å². The topological polar surface area (TPSA) is 29.9 Å². The molecular formula is C12H13BrFN3. The monoisotopic (exact) mass is 297 g/mol. The normalized spacial score (nSPS) is 10.6. The first-order chi connectivity index (χ1) is 8.06. The van der Waals surface area contributed by atoms with Crippen LogP contribution in [-0.4, -0.2) is 9.78 Å². The van der Waals surface area contributed by atoms with Crippen molar-refractivity contribution in [1.82, 2.24) is 9.78 Å². The van der Waals surface area contributed by atoms with E-state index in [4.69, 9.17) is 0 Å². The Morgan fingerprint density at radius 3 is 2.82 bits per heavy atom. The third-order valence-corrected chi connectivity index (χ3v) is 3.12. The summed E-state index contributed by atoms with van der Waals surface area (Å²) in [5.74, 6) is -0.243. The number of nitrogens with one attached hydrogen (secondary N) is 1. The molecule has 0 saturated carbocycles. The summed E-state index contributed by atoms with van der Waals surface area (Å²) < 4.78 is 15.5. The van der Waals surface area contributed by atoms with Crippen molar-refractivity contribution in [2.45, 2.75) is 13.5 Å². The summed E-state index contributed by atoms with van der Waals surface area (Å²) in [6.07, 6.45) is 1.91. The quantitative estimate of drug-likeness (QED) is 0.942. The van der Waals surface area contributed by atoms with E-state index < -0.39 is 0 Å². The second-order valence-corrected chi connectivity index (χ2v) is 4.76. The van der Waals surface area contributed by atoms with Gasteiger partial charge in [0.1, 0.15) is 5.82 Å². The van der Waals surface area contributed by atoms with E-state index in [9.17, 15) is 4.39 Å². The van der Waals surface area contributed by atoms with Gasteiger partial charge in [-0.3, -0.25) is 4.68 Å². The number of hydrogen-bond acceptors (Lipinski definition) is 2. The van der Waals surface area contributed by atoms with Crippen molar-refractivity contribution in [2.75, 3.05) is 5.32 Å². The third kappa shape index (κ3) is 2.85. The molecule has 5 heteroatoms. The number of hydrogen-bond donors (Lipinski definition) is 1. The van der Waals surface area contributed by atoms with Gasteiger partial charge >= 0.3 is 0 Å². The maximum atomic E-state index is 13.3.